The van der Waals surface area contributed by atoms with Gasteiger partial charge in [-0.1, -0.05) is 42.1 Å². The van der Waals surface area contributed by atoms with Crippen LogP contribution in [0.5, 0.6) is 0 Å². The zero-order chi connectivity index (χ0) is 25.2. The van der Waals surface area contributed by atoms with E-state index in [1.807, 2.05) is 67.1 Å². The summed E-state index contributed by atoms with van der Waals surface area (Å²) >= 11 is 1.32. The highest BCUT2D eigenvalue weighted by Crippen LogP contribution is 2.34. The number of nitrogens with one attached hydrogen (secondary N) is 2. The molecule has 2 amide bonds. The summed E-state index contributed by atoms with van der Waals surface area (Å²) < 4.78 is 1.98. The molecule has 2 heterocycles. The number of benzene rings is 3. The predicted octanol–water partition coefficient (Wildman–Crippen LogP) is 4.94. The van der Waals surface area contributed by atoms with Crippen molar-refractivity contribution in [3.63, 3.8) is 0 Å². The van der Waals surface area contributed by atoms with Gasteiger partial charge in [-0.2, -0.15) is 0 Å². The van der Waals surface area contributed by atoms with Crippen LogP contribution in [-0.4, -0.2) is 36.8 Å². The van der Waals surface area contributed by atoms with Gasteiger partial charge in [0, 0.05) is 39.6 Å². The summed E-state index contributed by atoms with van der Waals surface area (Å²) in [5, 5.41) is 13.1. The number of nitrogens with two attached hydrogens (primary N) is 1. The Morgan fingerprint density at radius 1 is 1.03 bits per heavy atom. The van der Waals surface area contributed by atoms with Gasteiger partial charge in [0.15, 0.2) is 11.0 Å². The molecule has 0 aliphatic heterocycles. The van der Waals surface area contributed by atoms with E-state index in [0.29, 0.717) is 22.2 Å². The Kier molecular flexibility index (Phi) is 6.30. The van der Waals surface area contributed by atoms with Crippen molar-refractivity contribution in [3.8, 4) is 17.1 Å². The van der Waals surface area contributed by atoms with Gasteiger partial charge in [0.1, 0.15) is 0 Å². The number of nitrogens with zero attached hydrogens (tertiary/aromatic N) is 3. The van der Waals surface area contributed by atoms with Gasteiger partial charge < -0.3 is 16.0 Å². The number of anilines is 1. The molecule has 0 fully saturated rings. The van der Waals surface area contributed by atoms with Gasteiger partial charge in [0.2, 0.25) is 11.8 Å². The largest absolute Gasteiger partial charge is 0.366 e. The minimum absolute atomic E-state index is 0.195. The molecular formula is C27H24N6O2S. The Balaban J connectivity index is 1.47. The molecule has 5 rings (SSSR count). The van der Waals surface area contributed by atoms with Crippen LogP contribution in [0.25, 0.3) is 28.0 Å². The number of aromatic nitrogens is 4. The summed E-state index contributed by atoms with van der Waals surface area (Å²) in [6, 6.07) is 22.6. The smallest absolute Gasteiger partial charge is 0.248 e. The van der Waals surface area contributed by atoms with Crippen LogP contribution in [0.3, 0.4) is 0 Å². The fraction of sp³-hybridized carbons (Fsp3) is 0.111. The first kappa shape index (κ1) is 23.4. The van der Waals surface area contributed by atoms with Crippen molar-refractivity contribution < 1.29 is 9.59 Å². The first-order chi connectivity index (χ1) is 17.4. The van der Waals surface area contributed by atoms with Crippen LogP contribution >= 0.6 is 11.8 Å². The van der Waals surface area contributed by atoms with Crippen molar-refractivity contribution in [2.75, 3.05) is 5.32 Å². The number of para-hydroxylation sites is 1. The number of thioether (sulfide) groups is 1. The molecule has 180 valence electrons. The van der Waals surface area contributed by atoms with Crippen LogP contribution in [0.1, 0.15) is 22.8 Å². The minimum atomic E-state index is -0.515. The Hall–Kier alpha value is -4.37. The van der Waals surface area contributed by atoms with E-state index < -0.39 is 11.2 Å². The molecule has 0 saturated heterocycles. The van der Waals surface area contributed by atoms with Crippen LogP contribution < -0.4 is 11.1 Å². The predicted molar refractivity (Wildman–Crippen MR) is 142 cm³/mol. The van der Waals surface area contributed by atoms with Gasteiger partial charge in [0.25, 0.3) is 0 Å². The molecule has 0 spiro atoms. The van der Waals surface area contributed by atoms with Crippen LogP contribution in [0.2, 0.25) is 0 Å². The molecule has 0 saturated carbocycles. The van der Waals surface area contributed by atoms with Crippen molar-refractivity contribution in [2.24, 2.45) is 5.73 Å². The number of aromatic amines is 1. The second-order valence-corrected chi connectivity index (χ2v) is 9.73. The third-order valence-electron chi connectivity index (χ3n) is 5.81. The lowest BCUT2D eigenvalue weighted by Crippen LogP contribution is -2.23. The second-order valence-electron chi connectivity index (χ2n) is 8.42. The summed E-state index contributed by atoms with van der Waals surface area (Å²) in [6.07, 6.45) is 1.93. The molecule has 3 aromatic carbocycles. The van der Waals surface area contributed by atoms with Gasteiger partial charge >= 0.3 is 0 Å². The van der Waals surface area contributed by atoms with E-state index in [1.165, 1.54) is 11.8 Å². The van der Waals surface area contributed by atoms with Crippen molar-refractivity contribution in [1.82, 2.24) is 19.7 Å². The second kappa shape index (κ2) is 9.71. The van der Waals surface area contributed by atoms with E-state index in [0.717, 1.165) is 27.7 Å². The molecule has 9 heteroatoms. The molecular weight excluding hydrogens is 472 g/mol. The molecule has 4 N–H and O–H groups in total. The van der Waals surface area contributed by atoms with E-state index in [4.69, 9.17) is 5.73 Å². The van der Waals surface area contributed by atoms with E-state index in [1.54, 1.807) is 24.3 Å². The number of fused-ring (bicyclic) bond motifs is 1. The average Bonchev–Trinajstić information content (AvgIpc) is 3.48. The summed E-state index contributed by atoms with van der Waals surface area (Å²) in [6.45, 7) is 3.85. The minimum Gasteiger partial charge on any atom is -0.366 e. The maximum absolute atomic E-state index is 13.0. The van der Waals surface area contributed by atoms with Crippen molar-refractivity contribution in [3.05, 3.63) is 90.1 Å². The number of carbonyl (C=O) groups excluding carboxylic acids is 2. The monoisotopic (exact) mass is 496 g/mol. The molecule has 0 bridgehead atoms. The van der Waals surface area contributed by atoms with E-state index in [9.17, 15) is 9.59 Å². The van der Waals surface area contributed by atoms with Gasteiger partial charge in [-0.3, -0.25) is 14.2 Å². The normalized spacial score (nSPS) is 11.9. The maximum Gasteiger partial charge on any atom is 0.248 e. The molecule has 1 atom stereocenters. The standard InChI is InChI=1S/C27H24N6O2S/c1-16-6-5-7-20(14-16)33-25(22-15-29-23-9-4-3-8-21(22)23)31-32-27(33)36-17(2)26(35)30-19-12-10-18(11-13-19)24(28)34/h3-15,17,29H,1-2H3,(H2,28,34)(H,30,35)/t17-/m0/s1. The lowest BCUT2D eigenvalue weighted by atomic mass is 10.1. The summed E-state index contributed by atoms with van der Waals surface area (Å²) in [5.74, 6) is -0.0206. The van der Waals surface area contributed by atoms with Crippen molar-refractivity contribution >= 4 is 40.2 Å². The van der Waals surface area contributed by atoms with E-state index in [2.05, 4.69) is 26.6 Å². The number of primary amides is 1. The number of rotatable bonds is 7. The number of hydrogen-bond donors (Lipinski definition) is 3. The molecule has 0 radical (unpaired) electrons. The number of hydrogen-bond acceptors (Lipinski definition) is 5. The molecule has 5 aromatic rings. The first-order valence-electron chi connectivity index (χ1n) is 11.4. The molecule has 2 aromatic heterocycles. The van der Waals surface area contributed by atoms with Crippen LogP contribution in [-0.2, 0) is 4.79 Å². The fourth-order valence-electron chi connectivity index (χ4n) is 3.95. The molecule has 0 unspecified atom stereocenters. The Labute approximate surface area is 211 Å². The Morgan fingerprint density at radius 2 is 1.81 bits per heavy atom. The lowest BCUT2D eigenvalue weighted by molar-refractivity contribution is -0.115. The van der Waals surface area contributed by atoms with E-state index in [-0.39, 0.29) is 5.91 Å². The lowest BCUT2D eigenvalue weighted by Gasteiger charge is -2.14. The van der Waals surface area contributed by atoms with Crippen molar-refractivity contribution in [2.45, 2.75) is 24.3 Å². The van der Waals surface area contributed by atoms with Gasteiger partial charge in [-0.05, 0) is 61.9 Å². The number of aryl methyl sites for hydroxylation is 1. The third-order valence-corrected chi connectivity index (χ3v) is 6.85. The third kappa shape index (κ3) is 4.60. The first-order valence-corrected chi connectivity index (χ1v) is 12.2. The Morgan fingerprint density at radius 3 is 2.56 bits per heavy atom. The topological polar surface area (TPSA) is 119 Å². The fourth-order valence-corrected chi connectivity index (χ4v) is 4.82. The highest BCUT2D eigenvalue weighted by atomic mass is 32.2. The van der Waals surface area contributed by atoms with Gasteiger partial charge in [0.05, 0.1) is 5.25 Å². The van der Waals surface area contributed by atoms with Crippen LogP contribution in [0.15, 0.2) is 84.1 Å². The SMILES string of the molecule is Cc1cccc(-n2c(S[C@@H](C)C(=O)Nc3ccc(C(N)=O)cc3)nnc2-c2c[nH]c3ccccc23)c1. The number of H-pyrrole nitrogens is 1. The van der Waals surface area contributed by atoms with Crippen LogP contribution in [0, 0.1) is 6.92 Å². The highest BCUT2D eigenvalue weighted by Gasteiger charge is 2.23. The van der Waals surface area contributed by atoms with Crippen LogP contribution in [0.4, 0.5) is 5.69 Å². The average molecular weight is 497 g/mol. The number of carbonyl (C=O) groups is 2. The van der Waals surface area contributed by atoms with Gasteiger partial charge in [-0.15, -0.1) is 10.2 Å². The molecule has 0 aliphatic rings. The zero-order valence-corrected chi connectivity index (χ0v) is 20.5. The summed E-state index contributed by atoms with van der Waals surface area (Å²) in [5.41, 5.74) is 10.2. The Bertz CT molecular complexity index is 1570. The quantitative estimate of drug-likeness (QED) is 0.276. The molecule has 36 heavy (non-hydrogen) atoms. The van der Waals surface area contributed by atoms with Gasteiger partial charge in [-0.25, -0.2) is 0 Å². The van der Waals surface area contributed by atoms with E-state index >= 15 is 0 Å². The zero-order valence-electron chi connectivity index (χ0n) is 19.7. The molecule has 8 nitrogen and oxygen atoms in total. The molecule has 0 aliphatic carbocycles. The van der Waals surface area contributed by atoms with Crippen molar-refractivity contribution in [1.29, 1.82) is 0 Å². The summed E-state index contributed by atoms with van der Waals surface area (Å²) in [4.78, 5) is 27.6. The maximum atomic E-state index is 13.0. The summed E-state index contributed by atoms with van der Waals surface area (Å²) in [7, 11) is 0. The highest BCUT2D eigenvalue weighted by molar-refractivity contribution is 8.00. The number of amides is 2.